The Morgan fingerprint density at radius 1 is 1.10 bits per heavy atom. The second-order valence-electron chi connectivity index (χ2n) is 8.99. The van der Waals surface area contributed by atoms with Crippen LogP contribution in [0.2, 0.25) is 5.02 Å². The van der Waals surface area contributed by atoms with Gasteiger partial charge in [-0.3, -0.25) is 4.79 Å². The first kappa shape index (κ1) is 21.7. The van der Waals surface area contributed by atoms with E-state index in [2.05, 4.69) is 19.2 Å². The van der Waals surface area contributed by atoms with Gasteiger partial charge in [-0.05, 0) is 42.2 Å². The number of likely N-dealkylation sites (tertiary alicyclic amines) is 1. The van der Waals surface area contributed by atoms with Gasteiger partial charge >= 0.3 is 0 Å². The topological polar surface area (TPSA) is 52.6 Å². The summed E-state index contributed by atoms with van der Waals surface area (Å²) in [4.78, 5) is 15.3. The number of rotatable bonds is 5. The van der Waals surface area contributed by atoms with E-state index in [0.29, 0.717) is 24.5 Å². The van der Waals surface area contributed by atoms with Gasteiger partial charge in [0.25, 0.3) is 0 Å². The molecule has 0 saturated carbocycles. The molecule has 0 aromatic heterocycles. The highest BCUT2D eigenvalue weighted by atomic mass is 35.5. The van der Waals surface area contributed by atoms with Crippen molar-refractivity contribution in [3.63, 3.8) is 0 Å². The molecule has 1 amide bonds. The molecule has 1 fully saturated rings. The van der Waals surface area contributed by atoms with Crippen LogP contribution in [0.3, 0.4) is 0 Å². The van der Waals surface area contributed by atoms with Gasteiger partial charge in [-0.25, -0.2) is 0 Å². The summed E-state index contributed by atoms with van der Waals surface area (Å²) >= 11 is 6.02. The minimum Gasteiger partial charge on any atom is -0.384 e. The molecule has 1 aliphatic heterocycles. The number of hydrogen-bond acceptors (Lipinski definition) is 3. The SMILES string of the molecule is CC(C)[C@@H](Nc1ccccc1)C(=O)N1CC[C@](O)(c2ccc(Cl)cc2)C(C)(C)C1. The molecule has 2 aromatic rings. The number of carbonyl (C=O) groups excluding carboxylic acids is 1. The van der Waals surface area contributed by atoms with Crippen LogP contribution in [0.15, 0.2) is 54.6 Å². The summed E-state index contributed by atoms with van der Waals surface area (Å²) in [5, 5.41) is 15.6. The van der Waals surface area contributed by atoms with E-state index < -0.39 is 11.0 Å². The van der Waals surface area contributed by atoms with Crippen molar-refractivity contribution in [1.29, 1.82) is 0 Å². The number of hydrogen-bond donors (Lipinski definition) is 2. The van der Waals surface area contributed by atoms with Gasteiger partial charge in [-0.1, -0.05) is 69.6 Å². The Morgan fingerprint density at radius 2 is 1.72 bits per heavy atom. The molecule has 0 aliphatic carbocycles. The summed E-state index contributed by atoms with van der Waals surface area (Å²) in [5.41, 5.74) is 0.285. The molecular weight excluding hydrogens is 384 g/mol. The summed E-state index contributed by atoms with van der Waals surface area (Å²) < 4.78 is 0. The highest BCUT2D eigenvalue weighted by Gasteiger charge is 2.50. The lowest BCUT2D eigenvalue weighted by Gasteiger charge is -2.51. The Morgan fingerprint density at radius 3 is 2.28 bits per heavy atom. The third-order valence-electron chi connectivity index (χ3n) is 6.11. The van der Waals surface area contributed by atoms with Gasteiger partial charge in [-0.2, -0.15) is 0 Å². The maximum absolute atomic E-state index is 13.4. The first-order chi connectivity index (χ1) is 13.6. The Hall–Kier alpha value is -2.04. The predicted octanol–water partition coefficient (Wildman–Crippen LogP) is 4.92. The van der Waals surface area contributed by atoms with Crippen LogP contribution in [0.25, 0.3) is 0 Å². The Kier molecular flexibility index (Phi) is 6.25. The van der Waals surface area contributed by atoms with Gasteiger partial charge in [0.2, 0.25) is 5.91 Å². The average Bonchev–Trinajstić information content (AvgIpc) is 2.68. The molecule has 0 bridgehead atoms. The predicted molar refractivity (Wildman–Crippen MR) is 119 cm³/mol. The molecule has 156 valence electrons. The van der Waals surface area contributed by atoms with Gasteiger partial charge in [-0.15, -0.1) is 0 Å². The zero-order chi connectivity index (χ0) is 21.2. The van der Waals surface area contributed by atoms with Crippen molar-refractivity contribution in [1.82, 2.24) is 4.90 Å². The van der Waals surface area contributed by atoms with Gasteiger partial charge < -0.3 is 15.3 Å². The number of halogens is 1. The van der Waals surface area contributed by atoms with Crippen molar-refractivity contribution >= 4 is 23.2 Å². The first-order valence-corrected chi connectivity index (χ1v) is 10.6. The molecule has 4 nitrogen and oxygen atoms in total. The van der Waals surface area contributed by atoms with E-state index in [1.165, 1.54) is 0 Å². The summed E-state index contributed by atoms with van der Waals surface area (Å²) in [6.45, 7) is 9.16. The van der Waals surface area contributed by atoms with Crippen LogP contribution in [0.4, 0.5) is 5.69 Å². The average molecular weight is 415 g/mol. The minimum atomic E-state index is -1.01. The lowest BCUT2D eigenvalue weighted by molar-refractivity contribution is -0.154. The van der Waals surface area contributed by atoms with Crippen molar-refractivity contribution in [2.24, 2.45) is 11.3 Å². The molecule has 5 heteroatoms. The van der Waals surface area contributed by atoms with Gasteiger partial charge in [0.15, 0.2) is 0 Å². The fraction of sp³-hybridized carbons (Fsp3) is 0.458. The lowest BCUT2D eigenvalue weighted by atomic mass is 9.66. The Bertz CT molecular complexity index is 836. The molecule has 29 heavy (non-hydrogen) atoms. The maximum atomic E-state index is 13.4. The van der Waals surface area contributed by atoms with Gasteiger partial charge in [0.1, 0.15) is 6.04 Å². The van der Waals surface area contributed by atoms with Gasteiger partial charge in [0, 0.05) is 29.2 Å². The number of piperidine rings is 1. The van der Waals surface area contributed by atoms with E-state index in [-0.39, 0.29) is 17.9 Å². The number of anilines is 1. The van der Waals surface area contributed by atoms with E-state index >= 15 is 0 Å². The second-order valence-corrected chi connectivity index (χ2v) is 9.43. The van der Waals surface area contributed by atoms with Crippen molar-refractivity contribution in [2.45, 2.75) is 45.8 Å². The van der Waals surface area contributed by atoms with Crippen LogP contribution in [0.1, 0.15) is 39.7 Å². The number of carbonyl (C=O) groups is 1. The fourth-order valence-corrected chi connectivity index (χ4v) is 4.32. The Balaban J connectivity index is 1.78. The van der Waals surface area contributed by atoms with Crippen molar-refractivity contribution in [3.05, 3.63) is 65.2 Å². The lowest BCUT2D eigenvalue weighted by Crippen LogP contribution is -2.59. The Labute approximate surface area is 178 Å². The monoisotopic (exact) mass is 414 g/mol. The quantitative estimate of drug-likeness (QED) is 0.729. The zero-order valence-corrected chi connectivity index (χ0v) is 18.4. The molecule has 2 atom stereocenters. The highest BCUT2D eigenvalue weighted by Crippen LogP contribution is 2.46. The van der Waals surface area contributed by atoms with E-state index in [0.717, 1.165) is 11.3 Å². The molecule has 0 radical (unpaired) electrons. The molecule has 3 rings (SSSR count). The van der Waals surface area contributed by atoms with E-state index in [4.69, 9.17) is 11.6 Å². The molecule has 0 spiro atoms. The van der Waals surface area contributed by atoms with E-state index in [1.54, 1.807) is 12.1 Å². The smallest absolute Gasteiger partial charge is 0.245 e. The van der Waals surface area contributed by atoms with Gasteiger partial charge in [0.05, 0.1) is 5.60 Å². The molecule has 2 aromatic carbocycles. The van der Waals surface area contributed by atoms with Crippen LogP contribution in [-0.2, 0) is 10.4 Å². The third-order valence-corrected chi connectivity index (χ3v) is 6.36. The summed E-state index contributed by atoms with van der Waals surface area (Å²) in [6.07, 6.45) is 0.490. The van der Waals surface area contributed by atoms with Crippen LogP contribution in [-0.4, -0.2) is 35.0 Å². The van der Waals surface area contributed by atoms with Crippen molar-refractivity contribution < 1.29 is 9.90 Å². The van der Waals surface area contributed by atoms with Crippen LogP contribution < -0.4 is 5.32 Å². The summed E-state index contributed by atoms with van der Waals surface area (Å²) in [5.74, 6) is 0.220. The van der Waals surface area contributed by atoms with Crippen LogP contribution in [0.5, 0.6) is 0 Å². The fourth-order valence-electron chi connectivity index (χ4n) is 4.20. The summed E-state index contributed by atoms with van der Waals surface area (Å²) in [6, 6.07) is 16.9. The molecule has 1 saturated heterocycles. The van der Waals surface area contributed by atoms with Crippen LogP contribution in [0, 0.1) is 11.3 Å². The number of aliphatic hydroxyl groups is 1. The molecule has 1 heterocycles. The van der Waals surface area contributed by atoms with Crippen molar-refractivity contribution in [2.75, 3.05) is 18.4 Å². The largest absolute Gasteiger partial charge is 0.384 e. The number of amides is 1. The van der Waals surface area contributed by atoms with Crippen LogP contribution >= 0.6 is 11.6 Å². The first-order valence-electron chi connectivity index (χ1n) is 10.2. The number of para-hydroxylation sites is 1. The molecule has 0 unspecified atom stereocenters. The maximum Gasteiger partial charge on any atom is 0.245 e. The highest BCUT2D eigenvalue weighted by molar-refractivity contribution is 6.30. The standard InChI is InChI=1S/C24H31ClN2O2/c1-17(2)21(26-20-8-6-5-7-9-20)22(28)27-15-14-24(29,23(3,4)16-27)18-10-12-19(25)13-11-18/h5-13,17,21,26,29H,14-16H2,1-4H3/t21-,24+/m1/s1. The van der Waals surface area contributed by atoms with E-state index in [9.17, 15) is 9.90 Å². The van der Waals surface area contributed by atoms with Crippen molar-refractivity contribution in [3.8, 4) is 0 Å². The zero-order valence-electron chi connectivity index (χ0n) is 17.7. The van der Waals surface area contributed by atoms with E-state index in [1.807, 2.05) is 61.2 Å². The normalized spacial score (nSPS) is 22.4. The third kappa shape index (κ3) is 4.44. The summed E-state index contributed by atoms with van der Waals surface area (Å²) in [7, 11) is 0. The molecular formula is C24H31ClN2O2. The minimum absolute atomic E-state index is 0.0788. The number of nitrogens with one attached hydrogen (secondary N) is 1. The number of benzene rings is 2. The molecule has 2 N–H and O–H groups in total. The second kappa shape index (κ2) is 8.37. The number of nitrogens with zero attached hydrogens (tertiary/aromatic N) is 1. The molecule has 1 aliphatic rings.